The summed E-state index contributed by atoms with van der Waals surface area (Å²) in [6.45, 7) is 9.62. The number of rotatable bonds is 2. The Labute approximate surface area is 116 Å². The molecule has 0 aliphatic carbocycles. The zero-order valence-corrected chi connectivity index (χ0v) is 12.8. The number of hydrogen-bond acceptors (Lipinski definition) is 4. The molecule has 0 aromatic carbocycles. The van der Waals surface area contributed by atoms with Crippen LogP contribution in [-0.2, 0) is 4.74 Å². The average molecular weight is 269 g/mol. The fraction of sp³-hybridized carbons (Fsp3) is 0.929. The van der Waals surface area contributed by atoms with Crippen molar-refractivity contribution in [1.82, 2.24) is 14.7 Å². The summed E-state index contributed by atoms with van der Waals surface area (Å²) in [6, 6.07) is 1.19. The summed E-state index contributed by atoms with van der Waals surface area (Å²) in [4.78, 5) is 18.6. The molecule has 2 fully saturated rings. The molecule has 2 aliphatic heterocycles. The van der Waals surface area contributed by atoms with E-state index in [0.717, 1.165) is 32.6 Å². The van der Waals surface area contributed by atoms with Crippen LogP contribution in [0.25, 0.3) is 0 Å². The normalized spacial score (nSPS) is 25.8. The molecule has 5 nitrogen and oxygen atoms in total. The van der Waals surface area contributed by atoms with Crippen LogP contribution < -0.4 is 0 Å². The predicted molar refractivity (Wildman–Crippen MR) is 75.3 cm³/mol. The summed E-state index contributed by atoms with van der Waals surface area (Å²) in [7, 11) is 4.26. The Morgan fingerprint density at radius 2 is 1.84 bits per heavy atom. The Morgan fingerprint density at radius 3 is 2.37 bits per heavy atom. The Balaban J connectivity index is 1.77. The van der Waals surface area contributed by atoms with Crippen LogP contribution in [0.4, 0.5) is 4.79 Å². The predicted octanol–water partition coefficient (Wildman–Crippen LogP) is 1.24. The van der Waals surface area contributed by atoms with Crippen LogP contribution in [0.3, 0.4) is 0 Å². The minimum absolute atomic E-state index is 0.167. The molecule has 2 rings (SSSR count). The lowest BCUT2D eigenvalue weighted by atomic mass is 10.0. The Kier molecular flexibility index (Phi) is 4.06. The minimum Gasteiger partial charge on any atom is -0.444 e. The van der Waals surface area contributed by atoms with Crippen LogP contribution in [0.15, 0.2) is 0 Å². The average Bonchev–Trinajstić information content (AvgIpc) is 2.60. The highest BCUT2D eigenvalue weighted by Gasteiger charge is 2.38. The maximum absolute atomic E-state index is 12.0. The molecule has 5 heteroatoms. The molecule has 2 saturated heterocycles. The summed E-state index contributed by atoms with van der Waals surface area (Å²) in [5, 5.41) is 0. The summed E-state index contributed by atoms with van der Waals surface area (Å²) in [6.07, 6.45) is 0.902. The van der Waals surface area contributed by atoms with Gasteiger partial charge >= 0.3 is 6.09 Å². The van der Waals surface area contributed by atoms with Gasteiger partial charge in [0, 0.05) is 38.3 Å². The van der Waals surface area contributed by atoms with Crippen molar-refractivity contribution in [3.63, 3.8) is 0 Å². The first-order valence-electron chi connectivity index (χ1n) is 7.14. The summed E-state index contributed by atoms with van der Waals surface area (Å²) in [5.74, 6) is 0. The largest absolute Gasteiger partial charge is 0.444 e. The fourth-order valence-corrected chi connectivity index (χ4v) is 2.64. The van der Waals surface area contributed by atoms with Crippen LogP contribution in [-0.4, -0.2) is 78.8 Å². The molecule has 2 aliphatic rings. The standard InChI is InChI=1S/C14H27N3O2/c1-14(2,3)19-13(18)16-7-6-11(8-16)17-9-12(10-17)15(4)5/h11-12H,6-10H2,1-5H3/t11-/m1/s1. The van der Waals surface area contributed by atoms with Gasteiger partial charge in [0.1, 0.15) is 5.60 Å². The zero-order valence-electron chi connectivity index (χ0n) is 12.8. The van der Waals surface area contributed by atoms with Crippen LogP contribution in [0.2, 0.25) is 0 Å². The monoisotopic (exact) mass is 269 g/mol. The highest BCUT2D eigenvalue weighted by atomic mass is 16.6. The summed E-state index contributed by atoms with van der Waals surface area (Å²) < 4.78 is 5.42. The highest BCUT2D eigenvalue weighted by molar-refractivity contribution is 5.68. The van der Waals surface area contributed by atoms with Gasteiger partial charge < -0.3 is 14.5 Å². The topological polar surface area (TPSA) is 36.0 Å². The smallest absolute Gasteiger partial charge is 0.410 e. The minimum atomic E-state index is -0.401. The molecule has 0 unspecified atom stereocenters. The number of ether oxygens (including phenoxy) is 1. The van der Waals surface area contributed by atoms with E-state index in [2.05, 4.69) is 23.9 Å². The second kappa shape index (κ2) is 5.29. The van der Waals surface area contributed by atoms with Gasteiger partial charge in [-0.15, -0.1) is 0 Å². The molecule has 0 aromatic rings. The molecule has 19 heavy (non-hydrogen) atoms. The number of hydrogen-bond donors (Lipinski definition) is 0. The van der Waals surface area contributed by atoms with E-state index in [1.807, 2.05) is 25.7 Å². The van der Waals surface area contributed by atoms with Crippen LogP contribution in [0.5, 0.6) is 0 Å². The first kappa shape index (κ1) is 14.6. The van der Waals surface area contributed by atoms with Gasteiger partial charge in [-0.25, -0.2) is 4.79 Å². The van der Waals surface area contributed by atoms with Gasteiger partial charge in [0.25, 0.3) is 0 Å². The van der Waals surface area contributed by atoms with E-state index in [0.29, 0.717) is 12.1 Å². The van der Waals surface area contributed by atoms with Gasteiger partial charge in [-0.05, 0) is 41.3 Å². The zero-order chi connectivity index (χ0) is 14.2. The SMILES string of the molecule is CN(C)C1CN([C@@H]2CCN(C(=O)OC(C)(C)C)C2)C1. The molecule has 110 valence electrons. The maximum atomic E-state index is 12.0. The molecule has 0 saturated carbocycles. The first-order chi connectivity index (χ1) is 8.76. The van der Waals surface area contributed by atoms with Gasteiger partial charge in [0.15, 0.2) is 0 Å². The Morgan fingerprint density at radius 1 is 1.21 bits per heavy atom. The van der Waals surface area contributed by atoms with Crippen molar-refractivity contribution in [2.24, 2.45) is 0 Å². The van der Waals surface area contributed by atoms with E-state index in [9.17, 15) is 4.79 Å². The number of carbonyl (C=O) groups excluding carboxylic acids is 1. The number of likely N-dealkylation sites (N-methyl/N-ethyl adjacent to an activating group) is 1. The van der Waals surface area contributed by atoms with Crippen molar-refractivity contribution in [2.45, 2.75) is 44.9 Å². The van der Waals surface area contributed by atoms with Crippen LogP contribution >= 0.6 is 0 Å². The lowest BCUT2D eigenvalue weighted by Crippen LogP contribution is -2.61. The van der Waals surface area contributed by atoms with Crippen molar-refractivity contribution in [1.29, 1.82) is 0 Å². The van der Waals surface area contributed by atoms with E-state index in [1.54, 1.807) is 0 Å². The number of nitrogens with zero attached hydrogens (tertiary/aromatic N) is 3. The van der Waals surface area contributed by atoms with Gasteiger partial charge in [-0.1, -0.05) is 0 Å². The van der Waals surface area contributed by atoms with Crippen molar-refractivity contribution in [3.8, 4) is 0 Å². The third kappa shape index (κ3) is 3.60. The summed E-state index contributed by atoms with van der Waals surface area (Å²) in [5.41, 5.74) is -0.401. The summed E-state index contributed by atoms with van der Waals surface area (Å²) >= 11 is 0. The molecule has 0 N–H and O–H groups in total. The second-order valence-corrected chi connectivity index (χ2v) is 6.94. The van der Waals surface area contributed by atoms with Crippen molar-refractivity contribution in [2.75, 3.05) is 40.3 Å². The van der Waals surface area contributed by atoms with E-state index in [4.69, 9.17) is 4.74 Å². The maximum Gasteiger partial charge on any atom is 0.410 e. The molecule has 2 heterocycles. The lowest BCUT2D eigenvalue weighted by Gasteiger charge is -2.46. The van der Waals surface area contributed by atoms with Crippen molar-refractivity contribution < 1.29 is 9.53 Å². The fourth-order valence-electron chi connectivity index (χ4n) is 2.64. The van der Waals surface area contributed by atoms with Gasteiger partial charge in [0.2, 0.25) is 0 Å². The molecular weight excluding hydrogens is 242 g/mol. The van der Waals surface area contributed by atoms with Crippen molar-refractivity contribution in [3.05, 3.63) is 0 Å². The second-order valence-electron chi connectivity index (χ2n) is 6.94. The number of carbonyl (C=O) groups is 1. The third-order valence-corrected chi connectivity index (χ3v) is 3.95. The Bertz CT molecular complexity index is 332. The number of amides is 1. The molecule has 0 radical (unpaired) electrons. The van der Waals surface area contributed by atoms with E-state index in [-0.39, 0.29) is 6.09 Å². The van der Waals surface area contributed by atoms with E-state index >= 15 is 0 Å². The van der Waals surface area contributed by atoms with Crippen molar-refractivity contribution >= 4 is 6.09 Å². The quantitative estimate of drug-likeness (QED) is 0.756. The molecular formula is C14H27N3O2. The van der Waals surface area contributed by atoms with Gasteiger partial charge in [-0.2, -0.15) is 0 Å². The van der Waals surface area contributed by atoms with Crippen LogP contribution in [0, 0.1) is 0 Å². The molecule has 0 spiro atoms. The molecule has 1 amide bonds. The molecule has 1 atom stereocenters. The lowest BCUT2D eigenvalue weighted by molar-refractivity contribution is 0.0172. The van der Waals surface area contributed by atoms with E-state index < -0.39 is 5.60 Å². The van der Waals surface area contributed by atoms with Crippen LogP contribution in [0.1, 0.15) is 27.2 Å². The first-order valence-corrected chi connectivity index (χ1v) is 7.14. The third-order valence-electron chi connectivity index (χ3n) is 3.95. The van der Waals surface area contributed by atoms with Gasteiger partial charge in [0.05, 0.1) is 0 Å². The molecule has 0 bridgehead atoms. The Hall–Kier alpha value is -0.810. The molecule has 0 aromatic heterocycles. The van der Waals surface area contributed by atoms with Gasteiger partial charge in [-0.3, -0.25) is 4.90 Å². The van der Waals surface area contributed by atoms with E-state index in [1.165, 1.54) is 0 Å². The number of likely N-dealkylation sites (tertiary alicyclic amines) is 2. The highest BCUT2D eigenvalue weighted by Crippen LogP contribution is 2.24.